The number of fused-ring (bicyclic) bond motifs is 1. The molecule has 3 heterocycles. The first-order valence-electron chi connectivity index (χ1n) is 7.08. The summed E-state index contributed by atoms with van der Waals surface area (Å²) >= 11 is 0. The summed E-state index contributed by atoms with van der Waals surface area (Å²) in [7, 11) is -3.55. The Balaban J connectivity index is 2.08. The van der Waals surface area contributed by atoms with Gasteiger partial charge in [0.1, 0.15) is 16.2 Å². The maximum Gasteiger partial charge on any atom is 0.288 e. The van der Waals surface area contributed by atoms with Crippen molar-refractivity contribution in [2.45, 2.75) is 37.5 Å². The Morgan fingerprint density at radius 2 is 1.86 bits per heavy atom. The summed E-state index contributed by atoms with van der Waals surface area (Å²) in [6, 6.07) is 1.42. The molecule has 3 rings (SSSR count). The van der Waals surface area contributed by atoms with E-state index in [9.17, 15) is 13.2 Å². The lowest BCUT2D eigenvalue weighted by Crippen LogP contribution is -2.31. The molecule has 0 amide bonds. The van der Waals surface area contributed by atoms with E-state index in [0.717, 1.165) is 25.7 Å². The Bertz CT molecular complexity index is 814. The monoisotopic (exact) mass is 310 g/mol. The molecule has 1 N–H and O–H groups in total. The molecular formula is C13H18N4O3S. The molecule has 0 aliphatic carbocycles. The zero-order chi connectivity index (χ0) is 15.0. The quantitative estimate of drug-likeness (QED) is 0.892. The summed E-state index contributed by atoms with van der Waals surface area (Å²) in [5, 5.41) is 6.21. The third-order valence-corrected chi connectivity index (χ3v) is 5.76. The molecule has 0 unspecified atom stereocenters. The normalized spacial score (nSPS) is 18.0. The smallest absolute Gasteiger partial charge is 0.288 e. The van der Waals surface area contributed by atoms with Crippen LogP contribution in [0.25, 0.3) is 5.52 Å². The van der Waals surface area contributed by atoms with Gasteiger partial charge in [0.2, 0.25) is 10.0 Å². The van der Waals surface area contributed by atoms with Gasteiger partial charge in [-0.25, -0.2) is 13.5 Å². The van der Waals surface area contributed by atoms with Crippen molar-refractivity contribution < 1.29 is 8.42 Å². The molecule has 0 radical (unpaired) electrons. The molecule has 1 fully saturated rings. The zero-order valence-electron chi connectivity index (χ0n) is 11.9. The third-order valence-electron chi connectivity index (χ3n) is 3.90. The largest absolute Gasteiger partial charge is 0.298 e. The average molecular weight is 310 g/mol. The van der Waals surface area contributed by atoms with E-state index in [0.29, 0.717) is 24.4 Å². The zero-order valence-corrected chi connectivity index (χ0v) is 12.7. The van der Waals surface area contributed by atoms with Crippen molar-refractivity contribution in [2.24, 2.45) is 0 Å². The van der Waals surface area contributed by atoms with Crippen molar-refractivity contribution in [3.05, 3.63) is 28.4 Å². The standard InChI is InChI=1S/C13H18N4O3S/c1-10-14-15-13(18)12-8-11(9-17(10)12)21(19,20)16-6-4-2-3-5-7-16/h8-9H,2-7H2,1H3,(H,15,18). The fourth-order valence-corrected chi connectivity index (χ4v) is 4.23. The number of aromatic amines is 1. The number of nitrogens with one attached hydrogen (secondary N) is 1. The molecule has 1 aliphatic rings. The van der Waals surface area contributed by atoms with Gasteiger partial charge in [0.05, 0.1) is 0 Å². The Kier molecular flexibility index (Phi) is 3.58. The first kappa shape index (κ1) is 14.3. The highest BCUT2D eigenvalue weighted by Gasteiger charge is 2.27. The van der Waals surface area contributed by atoms with Crippen LogP contribution in [-0.4, -0.2) is 40.4 Å². The highest BCUT2D eigenvalue weighted by Crippen LogP contribution is 2.21. The van der Waals surface area contributed by atoms with Gasteiger partial charge in [0.15, 0.2) is 0 Å². The second-order valence-corrected chi connectivity index (χ2v) is 7.29. The molecule has 0 bridgehead atoms. The highest BCUT2D eigenvalue weighted by molar-refractivity contribution is 7.89. The van der Waals surface area contributed by atoms with E-state index in [1.165, 1.54) is 21.0 Å². The lowest BCUT2D eigenvalue weighted by Gasteiger charge is -2.18. The molecule has 2 aromatic heterocycles. The van der Waals surface area contributed by atoms with E-state index >= 15 is 0 Å². The molecule has 114 valence electrons. The predicted octanol–water partition coefficient (Wildman–Crippen LogP) is 0.896. The van der Waals surface area contributed by atoms with Crippen LogP contribution in [0.4, 0.5) is 0 Å². The van der Waals surface area contributed by atoms with Crippen LogP contribution in [-0.2, 0) is 10.0 Å². The first-order chi connectivity index (χ1) is 10.00. The van der Waals surface area contributed by atoms with Gasteiger partial charge in [-0.1, -0.05) is 12.8 Å². The molecule has 0 atom stereocenters. The van der Waals surface area contributed by atoms with Crippen molar-refractivity contribution >= 4 is 15.5 Å². The number of nitrogens with zero attached hydrogens (tertiary/aromatic N) is 3. The van der Waals surface area contributed by atoms with E-state index in [1.807, 2.05) is 0 Å². The van der Waals surface area contributed by atoms with Crippen LogP contribution < -0.4 is 5.56 Å². The van der Waals surface area contributed by atoms with Crippen molar-refractivity contribution in [3.63, 3.8) is 0 Å². The molecular weight excluding hydrogens is 292 g/mol. The Morgan fingerprint density at radius 1 is 1.19 bits per heavy atom. The maximum absolute atomic E-state index is 12.7. The van der Waals surface area contributed by atoms with Crippen molar-refractivity contribution in [1.29, 1.82) is 0 Å². The van der Waals surface area contributed by atoms with Gasteiger partial charge in [0.25, 0.3) is 5.56 Å². The summed E-state index contributed by atoms with van der Waals surface area (Å²) in [5.41, 5.74) is -0.0891. The van der Waals surface area contributed by atoms with Gasteiger partial charge in [-0.05, 0) is 25.8 Å². The van der Waals surface area contributed by atoms with Crippen molar-refractivity contribution in [3.8, 4) is 0 Å². The number of H-pyrrole nitrogens is 1. The van der Waals surface area contributed by atoms with Crippen molar-refractivity contribution in [1.82, 2.24) is 18.9 Å². The number of hydrogen-bond acceptors (Lipinski definition) is 4. The number of rotatable bonds is 2. The second-order valence-electron chi connectivity index (χ2n) is 5.35. The Morgan fingerprint density at radius 3 is 2.48 bits per heavy atom. The lowest BCUT2D eigenvalue weighted by molar-refractivity contribution is 0.424. The second kappa shape index (κ2) is 5.27. The molecule has 2 aromatic rings. The van der Waals surface area contributed by atoms with E-state index in [-0.39, 0.29) is 4.90 Å². The molecule has 1 aliphatic heterocycles. The van der Waals surface area contributed by atoms with E-state index in [1.54, 1.807) is 6.92 Å². The molecule has 1 saturated heterocycles. The van der Waals surface area contributed by atoms with E-state index in [4.69, 9.17) is 0 Å². The minimum absolute atomic E-state index is 0.158. The van der Waals surface area contributed by atoms with Crippen LogP contribution in [0.15, 0.2) is 22.0 Å². The minimum Gasteiger partial charge on any atom is -0.298 e. The van der Waals surface area contributed by atoms with Crippen LogP contribution in [0.2, 0.25) is 0 Å². The van der Waals surface area contributed by atoms with Gasteiger partial charge in [-0.3, -0.25) is 9.20 Å². The summed E-state index contributed by atoms with van der Waals surface area (Å²) in [4.78, 5) is 11.9. The topological polar surface area (TPSA) is 87.5 Å². The highest BCUT2D eigenvalue weighted by atomic mass is 32.2. The third kappa shape index (κ3) is 2.49. The average Bonchev–Trinajstić information content (AvgIpc) is 2.74. The fraction of sp³-hybridized carbons (Fsp3) is 0.538. The van der Waals surface area contributed by atoms with Crippen LogP contribution in [0, 0.1) is 6.92 Å². The molecule has 0 aromatic carbocycles. The number of aryl methyl sites for hydroxylation is 1. The number of aromatic nitrogens is 3. The number of hydrogen-bond donors (Lipinski definition) is 1. The summed E-state index contributed by atoms with van der Waals surface area (Å²) in [6.45, 7) is 2.80. The fourth-order valence-electron chi connectivity index (χ4n) is 2.70. The van der Waals surface area contributed by atoms with Crippen LogP contribution in [0.5, 0.6) is 0 Å². The van der Waals surface area contributed by atoms with Gasteiger partial charge in [-0.2, -0.15) is 9.40 Å². The minimum atomic E-state index is -3.55. The van der Waals surface area contributed by atoms with Gasteiger partial charge < -0.3 is 0 Å². The predicted molar refractivity (Wildman–Crippen MR) is 77.8 cm³/mol. The lowest BCUT2D eigenvalue weighted by atomic mass is 10.2. The van der Waals surface area contributed by atoms with Gasteiger partial charge >= 0.3 is 0 Å². The summed E-state index contributed by atoms with van der Waals surface area (Å²) < 4.78 is 28.5. The maximum atomic E-state index is 12.7. The first-order valence-corrected chi connectivity index (χ1v) is 8.52. The molecule has 21 heavy (non-hydrogen) atoms. The van der Waals surface area contributed by atoms with E-state index < -0.39 is 15.6 Å². The Hall–Kier alpha value is -1.67. The molecule has 0 saturated carbocycles. The molecule has 8 heteroatoms. The van der Waals surface area contributed by atoms with Crippen LogP contribution >= 0.6 is 0 Å². The van der Waals surface area contributed by atoms with Crippen LogP contribution in [0.3, 0.4) is 0 Å². The van der Waals surface area contributed by atoms with Crippen molar-refractivity contribution in [2.75, 3.05) is 13.1 Å². The summed E-state index contributed by atoms with van der Waals surface area (Å²) in [5.74, 6) is 0.543. The van der Waals surface area contributed by atoms with E-state index in [2.05, 4.69) is 10.2 Å². The van der Waals surface area contributed by atoms with Crippen LogP contribution in [0.1, 0.15) is 31.5 Å². The molecule has 0 spiro atoms. The number of sulfonamides is 1. The summed E-state index contributed by atoms with van der Waals surface area (Å²) in [6.07, 6.45) is 5.37. The van der Waals surface area contributed by atoms with Gasteiger partial charge in [0, 0.05) is 19.3 Å². The SMILES string of the molecule is Cc1n[nH]c(=O)c2cc(S(=O)(=O)N3CCCCCC3)cn12. The Labute approximate surface area is 122 Å². The molecule has 7 nitrogen and oxygen atoms in total. The van der Waals surface area contributed by atoms with Gasteiger partial charge in [-0.15, -0.1) is 0 Å².